The van der Waals surface area contributed by atoms with E-state index in [0.29, 0.717) is 18.3 Å². The highest BCUT2D eigenvalue weighted by Gasteiger charge is 2.12. The highest BCUT2D eigenvalue weighted by Crippen LogP contribution is 2.21. The Morgan fingerprint density at radius 3 is 2.47 bits per heavy atom. The maximum atomic E-state index is 11.3. The van der Waals surface area contributed by atoms with E-state index in [4.69, 9.17) is 0 Å². The van der Waals surface area contributed by atoms with E-state index in [1.54, 1.807) is 7.05 Å². The summed E-state index contributed by atoms with van der Waals surface area (Å²) in [6.45, 7) is 6.46. The lowest BCUT2D eigenvalue weighted by molar-refractivity contribution is -0.120. The number of nitrogens with one attached hydrogen (secondary N) is 1. The van der Waals surface area contributed by atoms with Crippen LogP contribution in [0.1, 0.15) is 33.6 Å². The van der Waals surface area contributed by atoms with Crippen molar-refractivity contribution in [2.45, 2.75) is 33.6 Å². The van der Waals surface area contributed by atoms with Gasteiger partial charge in [-0.05, 0) is 30.8 Å². The molecule has 0 bridgehead atoms. The second-order valence-corrected chi connectivity index (χ2v) is 5.26. The van der Waals surface area contributed by atoms with E-state index in [1.165, 1.54) is 5.57 Å². The third-order valence-corrected chi connectivity index (χ3v) is 3.68. The van der Waals surface area contributed by atoms with Gasteiger partial charge in [0.05, 0.1) is 0 Å². The molecule has 0 aliphatic carbocycles. The fraction of sp³-hybridized carbons (Fsp3) is 0.643. The van der Waals surface area contributed by atoms with Crippen molar-refractivity contribution >= 4 is 28.5 Å². The minimum Gasteiger partial charge on any atom is -0.359 e. The molecular formula is C14H24INO. The fourth-order valence-electron chi connectivity index (χ4n) is 1.67. The van der Waals surface area contributed by atoms with Crippen LogP contribution in [0.25, 0.3) is 0 Å². The zero-order chi connectivity index (χ0) is 13.3. The van der Waals surface area contributed by atoms with E-state index in [1.807, 2.05) is 6.92 Å². The van der Waals surface area contributed by atoms with Gasteiger partial charge in [0.15, 0.2) is 0 Å². The van der Waals surface area contributed by atoms with Crippen LogP contribution in [-0.4, -0.2) is 17.4 Å². The maximum Gasteiger partial charge on any atom is 0.219 e. The lowest BCUT2D eigenvalue weighted by Gasteiger charge is -2.17. The summed E-state index contributed by atoms with van der Waals surface area (Å²) in [5.41, 5.74) is 1.35. The first kappa shape index (κ1) is 16.7. The molecule has 0 aromatic carbocycles. The summed E-state index contributed by atoms with van der Waals surface area (Å²) < 4.78 is 1.02. The van der Waals surface area contributed by atoms with E-state index in [-0.39, 0.29) is 5.91 Å². The van der Waals surface area contributed by atoms with Crippen LogP contribution in [0.5, 0.6) is 0 Å². The summed E-state index contributed by atoms with van der Waals surface area (Å²) >= 11 is 2.38. The topological polar surface area (TPSA) is 29.1 Å². The molecule has 17 heavy (non-hydrogen) atoms. The molecule has 1 unspecified atom stereocenters. The summed E-state index contributed by atoms with van der Waals surface area (Å²) in [6.07, 6.45) is 8.08. The van der Waals surface area contributed by atoms with E-state index in [9.17, 15) is 4.79 Å². The molecule has 0 radical (unpaired) electrons. The standard InChI is InChI=1S/C14H24INO/c1-5-6-12(10-15)9-13(11(2)3)7-8-14(17)16-4/h5-6,9,11,13H,7-8,10H2,1-4H3,(H,16,17)/b6-5-,12-9+. The average Bonchev–Trinajstić information content (AvgIpc) is 2.32. The molecule has 3 heteroatoms. The zero-order valence-corrected chi connectivity index (χ0v) is 13.5. The SMILES string of the molecule is C/C=C\C(=C/C(CCC(=O)NC)C(C)C)CI. The number of rotatable bonds is 7. The highest BCUT2D eigenvalue weighted by molar-refractivity contribution is 14.1. The molecule has 1 amide bonds. The predicted molar refractivity (Wildman–Crippen MR) is 83.4 cm³/mol. The van der Waals surface area contributed by atoms with Gasteiger partial charge in [-0.3, -0.25) is 4.79 Å². The molecule has 0 saturated heterocycles. The predicted octanol–water partition coefficient (Wildman–Crippen LogP) is 3.72. The first-order valence-electron chi connectivity index (χ1n) is 6.15. The Morgan fingerprint density at radius 1 is 1.41 bits per heavy atom. The van der Waals surface area contributed by atoms with Crippen molar-refractivity contribution in [1.82, 2.24) is 5.32 Å². The summed E-state index contributed by atoms with van der Waals surface area (Å²) in [5.74, 6) is 1.18. The van der Waals surface area contributed by atoms with Crippen LogP contribution >= 0.6 is 22.6 Å². The number of carbonyl (C=O) groups is 1. The van der Waals surface area contributed by atoms with Gasteiger partial charge in [0.1, 0.15) is 0 Å². The van der Waals surface area contributed by atoms with Gasteiger partial charge in [-0.15, -0.1) is 0 Å². The van der Waals surface area contributed by atoms with Gasteiger partial charge in [-0.25, -0.2) is 0 Å². The van der Waals surface area contributed by atoms with Crippen molar-refractivity contribution in [3.8, 4) is 0 Å². The number of amides is 1. The molecule has 0 heterocycles. The molecule has 0 aliphatic rings. The number of alkyl halides is 1. The van der Waals surface area contributed by atoms with Crippen molar-refractivity contribution in [1.29, 1.82) is 0 Å². The largest absolute Gasteiger partial charge is 0.359 e. The van der Waals surface area contributed by atoms with Crippen molar-refractivity contribution < 1.29 is 4.79 Å². The number of carbonyl (C=O) groups excluding carboxylic acids is 1. The maximum absolute atomic E-state index is 11.3. The van der Waals surface area contributed by atoms with Crippen LogP contribution in [0.4, 0.5) is 0 Å². The first-order chi connectivity index (χ1) is 8.04. The second-order valence-electron chi connectivity index (χ2n) is 4.49. The van der Waals surface area contributed by atoms with Crippen molar-refractivity contribution in [3.63, 3.8) is 0 Å². The van der Waals surface area contributed by atoms with Crippen LogP contribution in [0.3, 0.4) is 0 Å². The van der Waals surface area contributed by atoms with Crippen molar-refractivity contribution in [3.05, 3.63) is 23.8 Å². The van der Waals surface area contributed by atoms with Gasteiger partial charge in [0, 0.05) is 17.9 Å². The van der Waals surface area contributed by atoms with Gasteiger partial charge in [-0.2, -0.15) is 0 Å². The molecular weight excluding hydrogens is 325 g/mol. The Morgan fingerprint density at radius 2 is 2.06 bits per heavy atom. The monoisotopic (exact) mass is 349 g/mol. The third kappa shape index (κ3) is 7.58. The van der Waals surface area contributed by atoms with Crippen LogP contribution < -0.4 is 5.32 Å². The molecule has 0 saturated carbocycles. The number of hydrogen-bond donors (Lipinski definition) is 1. The van der Waals surface area contributed by atoms with Crippen molar-refractivity contribution in [2.24, 2.45) is 11.8 Å². The molecule has 0 aliphatic heterocycles. The molecule has 0 aromatic heterocycles. The highest BCUT2D eigenvalue weighted by atomic mass is 127. The molecule has 1 atom stereocenters. The van der Waals surface area contributed by atoms with Gasteiger partial charge < -0.3 is 5.32 Å². The van der Waals surface area contributed by atoms with Crippen molar-refractivity contribution in [2.75, 3.05) is 11.5 Å². The molecule has 0 aromatic rings. The average molecular weight is 349 g/mol. The van der Waals surface area contributed by atoms with Crippen LogP contribution in [-0.2, 0) is 4.79 Å². The Balaban J connectivity index is 4.56. The van der Waals surface area contributed by atoms with Gasteiger partial charge in [-0.1, -0.05) is 54.7 Å². The zero-order valence-electron chi connectivity index (χ0n) is 11.3. The quantitative estimate of drug-likeness (QED) is 0.424. The van der Waals surface area contributed by atoms with Gasteiger partial charge >= 0.3 is 0 Å². The Labute approximate surface area is 119 Å². The Hall–Kier alpha value is -0.320. The molecule has 0 rings (SSSR count). The molecule has 0 fully saturated rings. The second kappa shape index (κ2) is 9.68. The third-order valence-electron chi connectivity index (χ3n) is 2.80. The Bertz CT molecular complexity index is 282. The minimum absolute atomic E-state index is 0.131. The number of hydrogen-bond acceptors (Lipinski definition) is 1. The minimum atomic E-state index is 0.131. The van der Waals surface area contributed by atoms with Gasteiger partial charge in [0.2, 0.25) is 5.91 Å². The van der Waals surface area contributed by atoms with E-state index in [0.717, 1.165) is 10.8 Å². The normalized spacial score (nSPS) is 14.4. The summed E-state index contributed by atoms with van der Waals surface area (Å²) in [5, 5.41) is 2.68. The number of halogens is 1. The fourth-order valence-corrected chi connectivity index (χ4v) is 2.17. The van der Waals surface area contributed by atoms with E-state index in [2.05, 4.69) is 60.0 Å². The molecule has 2 nitrogen and oxygen atoms in total. The molecule has 0 spiro atoms. The first-order valence-corrected chi connectivity index (χ1v) is 7.67. The van der Waals surface area contributed by atoms with Crippen LogP contribution in [0.2, 0.25) is 0 Å². The summed E-state index contributed by atoms with van der Waals surface area (Å²) in [7, 11) is 1.69. The van der Waals surface area contributed by atoms with E-state index >= 15 is 0 Å². The number of allylic oxidation sites excluding steroid dienone is 4. The smallest absolute Gasteiger partial charge is 0.219 e. The van der Waals surface area contributed by atoms with Crippen LogP contribution in [0.15, 0.2) is 23.8 Å². The lowest BCUT2D eigenvalue weighted by atomic mass is 9.89. The molecule has 1 N–H and O–H groups in total. The summed E-state index contributed by atoms with van der Waals surface area (Å²) in [4.78, 5) is 11.3. The lowest BCUT2D eigenvalue weighted by Crippen LogP contribution is -2.19. The van der Waals surface area contributed by atoms with Gasteiger partial charge in [0.25, 0.3) is 0 Å². The Kier molecular flexibility index (Phi) is 9.50. The van der Waals surface area contributed by atoms with E-state index < -0.39 is 0 Å². The molecule has 98 valence electrons. The summed E-state index contributed by atoms with van der Waals surface area (Å²) in [6, 6.07) is 0. The van der Waals surface area contributed by atoms with Crippen LogP contribution in [0, 0.1) is 11.8 Å².